The van der Waals surface area contributed by atoms with Crippen LogP contribution in [0.4, 0.5) is 4.39 Å². The maximum Gasteiger partial charge on any atom is 0.258 e. The number of benzene rings is 1. The van der Waals surface area contributed by atoms with Gasteiger partial charge in [0.15, 0.2) is 6.61 Å². The molecule has 6 aliphatic rings. The van der Waals surface area contributed by atoms with Gasteiger partial charge in [0.05, 0.1) is 23.4 Å². The monoisotopic (exact) mass is 547 g/mol. The van der Waals surface area contributed by atoms with E-state index in [9.17, 15) is 14.0 Å². The zero-order valence-electron chi connectivity index (χ0n) is 21.9. The van der Waals surface area contributed by atoms with Gasteiger partial charge in [0.2, 0.25) is 5.91 Å². The molecule has 7 nitrogen and oxygen atoms in total. The van der Waals surface area contributed by atoms with Crippen LogP contribution in [0.3, 0.4) is 0 Å². The second-order valence-corrected chi connectivity index (χ2v) is 12.8. The van der Waals surface area contributed by atoms with Gasteiger partial charge in [0, 0.05) is 23.6 Å². The van der Waals surface area contributed by atoms with Gasteiger partial charge in [-0.05, 0) is 75.3 Å². The van der Waals surface area contributed by atoms with Gasteiger partial charge in [0.25, 0.3) is 5.91 Å². The lowest BCUT2D eigenvalue weighted by Gasteiger charge is -2.46. The zero-order chi connectivity index (χ0) is 26.3. The Morgan fingerprint density at radius 2 is 1.87 bits per heavy atom. The van der Waals surface area contributed by atoms with Crippen molar-refractivity contribution in [3.8, 4) is 5.75 Å². The van der Waals surface area contributed by atoms with E-state index in [0.717, 1.165) is 38.5 Å². The van der Waals surface area contributed by atoms with Gasteiger partial charge in [-0.15, -0.1) is 0 Å². The highest BCUT2D eigenvalue weighted by Gasteiger charge is 2.58. The third-order valence-corrected chi connectivity index (χ3v) is 10.4. The first-order chi connectivity index (χ1) is 18.4. The number of nitrogens with one attached hydrogen (secondary N) is 3. The second-order valence-electron chi connectivity index (χ2n) is 12.4. The summed E-state index contributed by atoms with van der Waals surface area (Å²) in [6.07, 6.45) is 13.0. The van der Waals surface area contributed by atoms with E-state index < -0.39 is 5.82 Å². The van der Waals surface area contributed by atoms with E-state index in [1.54, 1.807) is 0 Å². The SMILES string of the molecule is O=C(COc1ccc(Cl)c(F)c1)NC12CC(C1)[C@@H](NC(=O)C1CCC3OCNC3(C3CCCCCC3)C1)C2. The first-order valence-electron chi connectivity index (χ1n) is 14.4. The summed E-state index contributed by atoms with van der Waals surface area (Å²) in [7, 11) is 0. The van der Waals surface area contributed by atoms with E-state index in [1.807, 2.05) is 0 Å². The topological polar surface area (TPSA) is 88.7 Å². The number of carbonyl (C=O) groups is 2. The molecule has 2 bridgehead atoms. The number of hydrogen-bond donors (Lipinski definition) is 3. The molecule has 0 aromatic heterocycles. The Hall–Kier alpha value is -1.90. The molecule has 5 saturated carbocycles. The zero-order valence-corrected chi connectivity index (χ0v) is 22.7. The summed E-state index contributed by atoms with van der Waals surface area (Å²) < 4.78 is 25.2. The van der Waals surface area contributed by atoms with E-state index in [1.165, 1.54) is 56.7 Å². The second kappa shape index (κ2) is 10.6. The molecule has 4 atom stereocenters. The van der Waals surface area contributed by atoms with Gasteiger partial charge in [0.1, 0.15) is 11.6 Å². The lowest BCUT2D eigenvalue weighted by molar-refractivity contribution is -0.129. The van der Waals surface area contributed by atoms with E-state index in [4.69, 9.17) is 21.1 Å². The Labute approximate surface area is 228 Å². The largest absolute Gasteiger partial charge is 0.484 e. The molecule has 6 fully saturated rings. The number of rotatable bonds is 7. The van der Waals surface area contributed by atoms with Crippen LogP contribution in [0.25, 0.3) is 0 Å². The van der Waals surface area contributed by atoms with Crippen molar-refractivity contribution >= 4 is 23.4 Å². The summed E-state index contributed by atoms with van der Waals surface area (Å²) in [4.78, 5) is 26.1. The summed E-state index contributed by atoms with van der Waals surface area (Å²) >= 11 is 5.70. The smallest absolute Gasteiger partial charge is 0.258 e. The molecular formula is C29H39ClFN3O4. The fourth-order valence-corrected chi connectivity index (χ4v) is 8.31. The lowest BCUT2D eigenvalue weighted by atomic mass is 9.65. The number of fused-ring (bicyclic) bond motifs is 2. The van der Waals surface area contributed by atoms with Crippen LogP contribution >= 0.6 is 11.6 Å². The van der Waals surface area contributed by atoms with E-state index in [-0.39, 0.29) is 58.3 Å². The van der Waals surface area contributed by atoms with Crippen molar-refractivity contribution in [2.75, 3.05) is 13.3 Å². The summed E-state index contributed by atoms with van der Waals surface area (Å²) in [5.74, 6) is 0.590. The highest BCUT2D eigenvalue weighted by atomic mass is 35.5. The molecule has 3 unspecified atom stereocenters. The van der Waals surface area contributed by atoms with Crippen LogP contribution in [-0.4, -0.2) is 48.4 Å². The number of halogens is 2. The number of amides is 2. The van der Waals surface area contributed by atoms with Crippen LogP contribution in [0.5, 0.6) is 5.75 Å². The fraction of sp³-hybridized carbons (Fsp3) is 0.724. The predicted molar refractivity (Wildman–Crippen MR) is 141 cm³/mol. The lowest BCUT2D eigenvalue weighted by Crippen LogP contribution is -2.59. The van der Waals surface area contributed by atoms with Gasteiger partial charge >= 0.3 is 0 Å². The Kier molecular flexibility index (Phi) is 7.33. The first kappa shape index (κ1) is 26.3. The maximum absolute atomic E-state index is 13.6. The van der Waals surface area contributed by atoms with Crippen molar-refractivity contribution in [1.29, 1.82) is 0 Å². The van der Waals surface area contributed by atoms with Crippen molar-refractivity contribution in [2.45, 2.75) is 100 Å². The normalized spacial score (nSPS) is 36.6. The van der Waals surface area contributed by atoms with Crippen LogP contribution in [0.15, 0.2) is 18.2 Å². The van der Waals surface area contributed by atoms with Crippen LogP contribution < -0.4 is 20.7 Å². The van der Waals surface area contributed by atoms with Crippen LogP contribution in [0, 0.1) is 23.6 Å². The summed E-state index contributed by atoms with van der Waals surface area (Å²) in [5.41, 5.74) is -0.348. The maximum atomic E-state index is 13.6. The highest BCUT2D eigenvalue weighted by molar-refractivity contribution is 6.30. The summed E-state index contributed by atoms with van der Waals surface area (Å²) in [5, 5.41) is 10.2. The summed E-state index contributed by atoms with van der Waals surface area (Å²) in [6.45, 7) is 0.408. The highest BCUT2D eigenvalue weighted by Crippen LogP contribution is 2.52. The molecule has 7 rings (SSSR count). The molecule has 1 saturated heterocycles. The molecule has 208 valence electrons. The molecule has 0 radical (unpaired) electrons. The molecule has 1 aliphatic heterocycles. The van der Waals surface area contributed by atoms with Crippen LogP contribution in [0.1, 0.15) is 77.0 Å². The van der Waals surface area contributed by atoms with Crippen molar-refractivity contribution in [1.82, 2.24) is 16.0 Å². The minimum atomic E-state index is -0.579. The summed E-state index contributed by atoms with van der Waals surface area (Å²) in [6, 6.07) is 4.21. The molecule has 1 aromatic carbocycles. The molecule has 2 amide bonds. The Balaban J connectivity index is 1.01. The fourth-order valence-electron chi connectivity index (χ4n) is 8.19. The van der Waals surface area contributed by atoms with Gasteiger partial charge in [-0.1, -0.05) is 37.3 Å². The van der Waals surface area contributed by atoms with Gasteiger partial charge in [-0.2, -0.15) is 0 Å². The molecule has 1 aromatic rings. The minimum absolute atomic E-state index is 0.000200. The molecule has 3 N–H and O–H groups in total. The third kappa shape index (κ3) is 5.04. The van der Waals surface area contributed by atoms with Crippen molar-refractivity contribution in [3.63, 3.8) is 0 Å². The Morgan fingerprint density at radius 3 is 2.63 bits per heavy atom. The third-order valence-electron chi connectivity index (χ3n) is 10.1. The molecular weight excluding hydrogens is 509 g/mol. The predicted octanol–water partition coefficient (Wildman–Crippen LogP) is 4.47. The average Bonchev–Trinajstić information content (AvgIpc) is 3.47. The van der Waals surface area contributed by atoms with Crippen molar-refractivity contribution in [2.24, 2.45) is 17.8 Å². The van der Waals surface area contributed by atoms with Crippen molar-refractivity contribution < 1.29 is 23.5 Å². The molecule has 9 heteroatoms. The molecule has 0 spiro atoms. The average molecular weight is 548 g/mol. The van der Waals surface area contributed by atoms with Crippen LogP contribution in [-0.2, 0) is 14.3 Å². The Bertz CT molecular complexity index is 1060. The number of carbonyl (C=O) groups excluding carboxylic acids is 2. The molecule has 1 heterocycles. The molecule has 38 heavy (non-hydrogen) atoms. The van der Waals surface area contributed by atoms with Crippen LogP contribution in [0.2, 0.25) is 5.02 Å². The van der Waals surface area contributed by atoms with Crippen molar-refractivity contribution in [3.05, 3.63) is 29.0 Å². The molecule has 5 aliphatic carbocycles. The quantitative estimate of drug-likeness (QED) is 0.438. The number of ether oxygens (including phenoxy) is 2. The van der Waals surface area contributed by atoms with Gasteiger partial charge < -0.3 is 20.1 Å². The van der Waals surface area contributed by atoms with E-state index in [2.05, 4.69) is 16.0 Å². The minimum Gasteiger partial charge on any atom is -0.484 e. The van der Waals surface area contributed by atoms with E-state index >= 15 is 0 Å². The van der Waals surface area contributed by atoms with E-state index in [0.29, 0.717) is 18.6 Å². The van der Waals surface area contributed by atoms with Gasteiger partial charge in [-0.3, -0.25) is 14.9 Å². The standard InChI is InChI=1S/C29H39ClFN3O4/c30-22-9-8-21(11-23(22)31)37-16-26(35)34-28-12-19(13-28)24(15-28)33-27(36)18-7-10-25-29(14-18,32-17-38-25)20-5-3-1-2-4-6-20/h8-9,11,18-20,24-25,32H,1-7,10,12-17H2,(H,33,36)(H,34,35)/t18?,19?,24-,25?,28?,29?/m0/s1. The Morgan fingerprint density at radius 1 is 1.08 bits per heavy atom. The number of hydrogen-bond acceptors (Lipinski definition) is 5. The van der Waals surface area contributed by atoms with Gasteiger partial charge in [-0.25, -0.2) is 4.39 Å². The first-order valence-corrected chi connectivity index (χ1v) is 14.8.